The van der Waals surface area contributed by atoms with Crippen molar-refractivity contribution in [3.8, 4) is 0 Å². The second-order valence-corrected chi connectivity index (χ2v) is 6.54. The molecule has 25 heavy (non-hydrogen) atoms. The highest BCUT2D eigenvalue weighted by molar-refractivity contribution is 5.74. The highest BCUT2D eigenvalue weighted by Crippen LogP contribution is 2.29. The van der Waals surface area contributed by atoms with Crippen molar-refractivity contribution in [2.45, 2.75) is 44.7 Å². The number of rotatable bonds is 3. The Hall–Kier alpha value is -2.70. The van der Waals surface area contributed by atoms with E-state index in [0.29, 0.717) is 17.1 Å². The summed E-state index contributed by atoms with van der Waals surface area (Å²) >= 11 is 0. The van der Waals surface area contributed by atoms with Crippen LogP contribution < -0.4 is 10.9 Å². The van der Waals surface area contributed by atoms with Crippen LogP contribution in [-0.4, -0.2) is 20.8 Å². The van der Waals surface area contributed by atoms with E-state index < -0.39 is 0 Å². The van der Waals surface area contributed by atoms with Crippen LogP contribution in [0.1, 0.15) is 37.4 Å². The number of benzene rings is 1. The minimum Gasteiger partial charge on any atom is -0.424 e. The number of aryl methyl sites for hydroxylation is 1. The van der Waals surface area contributed by atoms with E-state index in [1.807, 2.05) is 6.92 Å². The topological polar surface area (TPSA) is 73.0 Å². The Labute approximate surface area is 143 Å². The Balaban J connectivity index is 1.43. The quantitative estimate of drug-likeness (QED) is 0.789. The predicted molar refractivity (Wildman–Crippen MR) is 92.1 cm³/mol. The van der Waals surface area contributed by atoms with E-state index in [0.717, 1.165) is 31.4 Å². The lowest BCUT2D eigenvalue weighted by Gasteiger charge is -2.29. The molecule has 0 saturated heterocycles. The summed E-state index contributed by atoms with van der Waals surface area (Å²) in [7, 11) is 0. The molecule has 1 aromatic carbocycles. The second kappa shape index (κ2) is 6.31. The van der Waals surface area contributed by atoms with Crippen molar-refractivity contribution in [3.05, 3.63) is 52.2 Å². The van der Waals surface area contributed by atoms with Gasteiger partial charge in [0.1, 0.15) is 11.3 Å². The highest BCUT2D eigenvalue weighted by Gasteiger charge is 2.24. The van der Waals surface area contributed by atoms with Crippen molar-refractivity contribution in [3.63, 3.8) is 0 Å². The Morgan fingerprint density at radius 2 is 2.00 bits per heavy atom. The van der Waals surface area contributed by atoms with Gasteiger partial charge in [-0.05, 0) is 50.8 Å². The van der Waals surface area contributed by atoms with Gasteiger partial charge in [-0.15, -0.1) is 0 Å². The van der Waals surface area contributed by atoms with Gasteiger partial charge in [0.15, 0.2) is 5.58 Å². The summed E-state index contributed by atoms with van der Waals surface area (Å²) in [5, 5.41) is 7.64. The average molecular weight is 342 g/mol. The molecule has 7 heteroatoms. The molecule has 0 bridgehead atoms. The number of nitrogens with one attached hydrogen (secondary N) is 1. The van der Waals surface area contributed by atoms with Gasteiger partial charge < -0.3 is 9.73 Å². The average Bonchev–Trinajstić information content (AvgIpc) is 2.99. The van der Waals surface area contributed by atoms with E-state index in [9.17, 15) is 9.18 Å². The molecule has 1 aliphatic carbocycles. The van der Waals surface area contributed by atoms with E-state index in [-0.39, 0.29) is 23.5 Å². The number of oxazole rings is 1. The number of anilines is 1. The zero-order valence-electron chi connectivity index (χ0n) is 13.9. The van der Waals surface area contributed by atoms with E-state index in [1.54, 1.807) is 22.9 Å². The molecular weight excluding hydrogens is 323 g/mol. The molecule has 1 N–H and O–H groups in total. The summed E-state index contributed by atoms with van der Waals surface area (Å²) in [5.41, 5.74) is 1.86. The van der Waals surface area contributed by atoms with Gasteiger partial charge in [-0.2, -0.15) is 10.1 Å². The fourth-order valence-electron chi connectivity index (χ4n) is 3.38. The summed E-state index contributed by atoms with van der Waals surface area (Å²) in [5.74, 6) is -0.330. The Morgan fingerprint density at radius 1 is 1.20 bits per heavy atom. The molecule has 0 radical (unpaired) electrons. The van der Waals surface area contributed by atoms with Crippen LogP contribution in [0.4, 0.5) is 10.4 Å². The molecule has 6 nitrogen and oxygen atoms in total. The SMILES string of the molecule is Cc1ccc(=O)n(C2CCC(Nc3nc4cc(F)ccc4o3)CC2)n1. The van der Waals surface area contributed by atoms with Crippen molar-refractivity contribution < 1.29 is 8.81 Å². The van der Waals surface area contributed by atoms with Crippen molar-refractivity contribution >= 4 is 17.1 Å². The minimum absolute atomic E-state index is 0.0528. The summed E-state index contributed by atoms with van der Waals surface area (Å²) < 4.78 is 20.5. The fourth-order valence-corrected chi connectivity index (χ4v) is 3.38. The van der Waals surface area contributed by atoms with Gasteiger partial charge in [-0.3, -0.25) is 4.79 Å². The Morgan fingerprint density at radius 3 is 2.80 bits per heavy atom. The molecule has 1 aliphatic rings. The monoisotopic (exact) mass is 342 g/mol. The minimum atomic E-state index is -0.330. The van der Waals surface area contributed by atoms with Gasteiger partial charge >= 0.3 is 0 Å². The van der Waals surface area contributed by atoms with Gasteiger partial charge in [-0.25, -0.2) is 9.07 Å². The molecule has 0 atom stereocenters. The third-order valence-corrected chi connectivity index (χ3v) is 4.68. The first-order chi connectivity index (χ1) is 12.1. The second-order valence-electron chi connectivity index (χ2n) is 6.54. The number of nitrogens with zero attached hydrogens (tertiary/aromatic N) is 3. The maximum atomic E-state index is 13.2. The van der Waals surface area contributed by atoms with Crippen molar-refractivity contribution in [1.29, 1.82) is 0 Å². The van der Waals surface area contributed by atoms with Gasteiger partial charge in [-0.1, -0.05) is 0 Å². The zero-order valence-corrected chi connectivity index (χ0v) is 13.9. The van der Waals surface area contributed by atoms with E-state index >= 15 is 0 Å². The standard InChI is InChI=1S/C18H19FN4O2/c1-11-2-9-17(24)23(22-11)14-6-4-13(5-7-14)20-18-21-15-10-12(19)3-8-16(15)25-18/h2-3,8-10,13-14H,4-7H2,1H3,(H,20,21). The van der Waals surface area contributed by atoms with Crippen LogP contribution in [0.15, 0.2) is 39.5 Å². The van der Waals surface area contributed by atoms with Crippen LogP contribution in [0.25, 0.3) is 11.1 Å². The lowest BCUT2D eigenvalue weighted by molar-refractivity contribution is 0.300. The number of hydrogen-bond acceptors (Lipinski definition) is 5. The number of halogens is 1. The van der Waals surface area contributed by atoms with Gasteiger partial charge in [0.05, 0.1) is 11.7 Å². The molecule has 2 heterocycles. The molecule has 130 valence electrons. The lowest BCUT2D eigenvalue weighted by Crippen LogP contribution is -2.33. The first-order valence-electron chi connectivity index (χ1n) is 8.47. The molecule has 0 amide bonds. The first kappa shape index (κ1) is 15.8. The lowest BCUT2D eigenvalue weighted by atomic mass is 9.91. The van der Waals surface area contributed by atoms with Crippen molar-refractivity contribution in [2.75, 3.05) is 5.32 Å². The van der Waals surface area contributed by atoms with Crippen LogP contribution >= 0.6 is 0 Å². The summed E-state index contributed by atoms with van der Waals surface area (Å²) in [6, 6.07) is 8.36. The van der Waals surface area contributed by atoms with Gasteiger partial charge in [0.25, 0.3) is 11.6 Å². The van der Waals surface area contributed by atoms with Crippen molar-refractivity contribution in [1.82, 2.24) is 14.8 Å². The Bertz CT molecular complexity index is 957. The number of aromatic nitrogens is 3. The zero-order chi connectivity index (χ0) is 17.4. The molecule has 0 unspecified atom stereocenters. The van der Waals surface area contributed by atoms with Gasteiger partial charge in [0, 0.05) is 18.2 Å². The molecule has 2 aromatic heterocycles. The number of fused-ring (bicyclic) bond motifs is 1. The first-order valence-corrected chi connectivity index (χ1v) is 8.47. The van der Waals surface area contributed by atoms with Crippen LogP contribution in [0.2, 0.25) is 0 Å². The maximum absolute atomic E-state index is 13.2. The third kappa shape index (κ3) is 3.26. The normalized spacial score (nSPS) is 20.7. The molecule has 4 rings (SSSR count). The number of hydrogen-bond donors (Lipinski definition) is 1. The molecule has 1 saturated carbocycles. The summed E-state index contributed by atoms with van der Waals surface area (Å²) in [4.78, 5) is 16.3. The molecular formula is C18H19FN4O2. The molecule has 1 fully saturated rings. The third-order valence-electron chi connectivity index (χ3n) is 4.68. The van der Waals surface area contributed by atoms with Crippen molar-refractivity contribution in [2.24, 2.45) is 0 Å². The summed E-state index contributed by atoms with van der Waals surface area (Å²) in [6.07, 6.45) is 3.51. The molecule has 0 aliphatic heterocycles. The van der Waals surface area contributed by atoms with E-state index in [1.165, 1.54) is 12.1 Å². The summed E-state index contributed by atoms with van der Waals surface area (Å²) in [6.45, 7) is 1.89. The fraction of sp³-hybridized carbons (Fsp3) is 0.389. The smallest absolute Gasteiger partial charge is 0.295 e. The Kier molecular flexibility index (Phi) is 3.99. The highest BCUT2D eigenvalue weighted by atomic mass is 19.1. The molecule has 0 spiro atoms. The van der Waals surface area contributed by atoms with Crippen LogP contribution in [-0.2, 0) is 0 Å². The largest absolute Gasteiger partial charge is 0.424 e. The van der Waals surface area contributed by atoms with Gasteiger partial charge in [0.2, 0.25) is 0 Å². The van der Waals surface area contributed by atoms with E-state index in [2.05, 4.69) is 15.4 Å². The van der Waals surface area contributed by atoms with Crippen LogP contribution in [0.5, 0.6) is 0 Å². The van der Waals surface area contributed by atoms with Crippen LogP contribution in [0.3, 0.4) is 0 Å². The predicted octanol–water partition coefficient (Wildman–Crippen LogP) is 3.43. The van der Waals surface area contributed by atoms with Crippen LogP contribution in [0, 0.1) is 12.7 Å². The molecule has 3 aromatic rings. The van der Waals surface area contributed by atoms with E-state index in [4.69, 9.17) is 4.42 Å². The maximum Gasteiger partial charge on any atom is 0.295 e.